The summed E-state index contributed by atoms with van der Waals surface area (Å²) in [5.74, 6) is 0.281. The molecule has 0 saturated heterocycles. The van der Waals surface area contributed by atoms with Crippen molar-refractivity contribution in [3.8, 4) is 0 Å². The fourth-order valence-corrected chi connectivity index (χ4v) is 1.77. The molecule has 0 amide bonds. The minimum Gasteiger partial charge on any atom is -0.295 e. The lowest BCUT2D eigenvalue weighted by molar-refractivity contribution is -0.122. The molecule has 0 spiro atoms. The van der Waals surface area contributed by atoms with Crippen molar-refractivity contribution in [3.63, 3.8) is 0 Å². The summed E-state index contributed by atoms with van der Waals surface area (Å²) in [6, 6.07) is 0. The number of allylic oxidation sites excluding steroid dienone is 4. The van der Waals surface area contributed by atoms with Gasteiger partial charge in [-0.3, -0.25) is 9.59 Å². The maximum absolute atomic E-state index is 11.4. The molecule has 0 aromatic carbocycles. The van der Waals surface area contributed by atoms with E-state index in [0.717, 1.165) is 5.57 Å². The molecule has 0 unspecified atom stereocenters. The number of fused-ring (bicyclic) bond motifs is 1. The lowest BCUT2D eigenvalue weighted by atomic mass is 9.74. The monoisotopic (exact) mass is 162 g/mol. The van der Waals surface area contributed by atoms with Crippen LogP contribution in [0.25, 0.3) is 0 Å². The van der Waals surface area contributed by atoms with Crippen LogP contribution in [0.15, 0.2) is 23.8 Å². The molecular formula is C10H10O2. The highest BCUT2D eigenvalue weighted by Crippen LogP contribution is 2.41. The summed E-state index contributed by atoms with van der Waals surface area (Å²) < 4.78 is 0. The van der Waals surface area contributed by atoms with Crippen molar-refractivity contribution < 1.29 is 9.59 Å². The highest BCUT2D eigenvalue weighted by molar-refractivity contribution is 6.05. The minimum atomic E-state index is -0.381. The SMILES string of the molecule is C[C@@]12CCC(=O)C=C1C=CC2=O. The van der Waals surface area contributed by atoms with E-state index in [0.29, 0.717) is 12.8 Å². The predicted octanol–water partition coefficient (Wildman–Crippen LogP) is 1.42. The molecule has 0 aromatic heterocycles. The molecule has 62 valence electrons. The quantitative estimate of drug-likeness (QED) is 0.539. The second-order valence-corrected chi connectivity index (χ2v) is 3.60. The second-order valence-electron chi connectivity index (χ2n) is 3.60. The molecule has 2 rings (SSSR count). The zero-order valence-electron chi connectivity index (χ0n) is 6.96. The molecule has 0 fully saturated rings. The molecule has 12 heavy (non-hydrogen) atoms. The van der Waals surface area contributed by atoms with Gasteiger partial charge in [0.15, 0.2) is 11.6 Å². The molecule has 2 aliphatic rings. The van der Waals surface area contributed by atoms with E-state index in [-0.39, 0.29) is 17.0 Å². The lowest BCUT2D eigenvalue weighted by Crippen LogP contribution is -2.28. The van der Waals surface area contributed by atoms with E-state index in [4.69, 9.17) is 0 Å². The Morgan fingerprint density at radius 2 is 2.08 bits per heavy atom. The molecule has 2 aliphatic carbocycles. The zero-order valence-corrected chi connectivity index (χ0v) is 6.96. The van der Waals surface area contributed by atoms with Crippen molar-refractivity contribution in [1.29, 1.82) is 0 Å². The molecule has 0 aliphatic heterocycles. The molecule has 0 heterocycles. The van der Waals surface area contributed by atoms with Crippen LogP contribution in [0.1, 0.15) is 19.8 Å². The van der Waals surface area contributed by atoms with E-state index in [1.807, 2.05) is 6.92 Å². The highest BCUT2D eigenvalue weighted by atomic mass is 16.1. The average molecular weight is 162 g/mol. The van der Waals surface area contributed by atoms with Crippen molar-refractivity contribution >= 4 is 11.6 Å². The van der Waals surface area contributed by atoms with Crippen LogP contribution in [-0.4, -0.2) is 11.6 Å². The van der Waals surface area contributed by atoms with Crippen LogP contribution in [0.2, 0.25) is 0 Å². The van der Waals surface area contributed by atoms with Crippen LogP contribution < -0.4 is 0 Å². The standard InChI is InChI=1S/C10H10O2/c1-10-5-4-8(11)6-7(10)2-3-9(10)12/h2-3,6H,4-5H2,1H3/t10-/m1/s1. The van der Waals surface area contributed by atoms with Crippen molar-refractivity contribution in [2.45, 2.75) is 19.8 Å². The molecule has 0 bridgehead atoms. The van der Waals surface area contributed by atoms with Crippen LogP contribution in [0.4, 0.5) is 0 Å². The van der Waals surface area contributed by atoms with Gasteiger partial charge in [-0.25, -0.2) is 0 Å². The third kappa shape index (κ3) is 0.809. The van der Waals surface area contributed by atoms with E-state index in [2.05, 4.69) is 0 Å². The van der Waals surface area contributed by atoms with Gasteiger partial charge in [-0.05, 0) is 31.1 Å². The van der Waals surface area contributed by atoms with Gasteiger partial charge in [0.25, 0.3) is 0 Å². The average Bonchev–Trinajstić information content (AvgIpc) is 2.31. The first-order valence-corrected chi connectivity index (χ1v) is 4.10. The topological polar surface area (TPSA) is 34.1 Å². The molecule has 2 heteroatoms. The number of hydrogen-bond donors (Lipinski definition) is 0. The van der Waals surface area contributed by atoms with E-state index >= 15 is 0 Å². The first-order chi connectivity index (χ1) is 5.63. The number of ketones is 2. The van der Waals surface area contributed by atoms with Gasteiger partial charge in [-0.1, -0.05) is 6.08 Å². The van der Waals surface area contributed by atoms with Crippen molar-refractivity contribution in [2.24, 2.45) is 5.41 Å². The second kappa shape index (κ2) is 2.16. The van der Waals surface area contributed by atoms with E-state index in [9.17, 15) is 9.59 Å². The van der Waals surface area contributed by atoms with Gasteiger partial charge >= 0.3 is 0 Å². The fraction of sp³-hybridized carbons (Fsp3) is 0.400. The summed E-state index contributed by atoms with van der Waals surface area (Å²) in [6.45, 7) is 1.91. The Bertz CT molecular complexity index is 323. The van der Waals surface area contributed by atoms with E-state index in [1.165, 1.54) is 0 Å². The van der Waals surface area contributed by atoms with Crippen LogP contribution >= 0.6 is 0 Å². The van der Waals surface area contributed by atoms with Crippen LogP contribution in [0.5, 0.6) is 0 Å². The molecule has 2 nitrogen and oxygen atoms in total. The van der Waals surface area contributed by atoms with Gasteiger partial charge in [-0.2, -0.15) is 0 Å². The van der Waals surface area contributed by atoms with Crippen molar-refractivity contribution in [3.05, 3.63) is 23.8 Å². The molecule has 0 radical (unpaired) electrons. The third-order valence-electron chi connectivity index (χ3n) is 2.78. The fourth-order valence-electron chi connectivity index (χ4n) is 1.77. The molecule has 1 atom stereocenters. The van der Waals surface area contributed by atoms with E-state index < -0.39 is 0 Å². The molecule has 0 N–H and O–H groups in total. The zero-order chi connectivity index (χ0) is 8.77. The molecule has 0 saturated carbocycles. The van der Waals surface area contributed by atoms with E-state index in [1.54, 1.807) is 18.2 Å². The Morgan fingerprint density at radius 1 is 1.33 bits per heavy atom. The summed E-state index contributed by atoms with van der Waals surface area (Å²) in [6.07, 6.45) is 6.12. The summed E-state index contributed by atoms with van der Waals surface area (Å²) in [7, 11) is 0. The van der Waals surface area contributed by atoms with Crippen molar-refractivity contribution in [1.82, 2.24) is 0 Å². The summed E-state index contributed by atoms with van der Waals surface area (Å²) in [4.78, 5) is 22.4. The predicted molar refractivity (Wildman–Crippen MR) is 44.6 cm³/mol. The maximum atomic E-state index is 11.4. The third-order valence-corrected chi connectivity index (χ3v) is 2.78. The Kier molecular flexibility index (Phi) is 1.34. The number of rotatable bonds is 0. The number of carbonyl (C=O) groups is 2. The molecular weight excluding hydrogens is 152 g/mol. The molecule has 0 aromatic rings. The smallest absolute Gasteiger partial charge is 0.165 e. The highest BCUT2D eigenvalue weighted by Gasteiger charge is 2.40. The number of hydrogen-bond acceptors (Lipinski definition) is 2. The van der Waals surface area contributed by atoms with Gasteiger partial charge in [0.05, 0.1) is 5.41 Å². The summed E-state index contributed by atoms with van der Waals surface area (Å²) in [5, 5.41) is 0. The Morgan fingerprint density at radius 3 is 2.83 bits per heavy atom. The maximum Gasteiger partial charge on any atom is 0.165 e. The first kappa shape index (κ1) is 7.47. The summed E-state index contributed by atoms with van der Waals surface area (Å²) >= 11 is 0. The Labute approximate surface area is 71.0 Å². The Hall–Kier alpha value is -1.18. The van der Waals surface area contributed by atoms with Gasteiger partial charge < -0.3 is 0 Å². The lowest BCUT2D eigenvalue weighted by Gasteiger charge is -2.26. The van der Waals surface area contributed by atoms with Gasteiger partial charge in [0.1, 0.15) is 0 Å². The van der Waals surface area contributed by atoms with Gasteiger partial charge in [-0.15, -0.1) is 0 Å². The number of carbonyl (C=O) groups excluding carboxylic acids is 2. The Balaban J connectivity index is 2.49. The van der Waals surface area contributed by atoms with Crippen LogP contribution in [-0.2, 0) is 9.59 Å². The summed E-state index contributed by atoms with van der Waals surface area (Å²) in [5.41, 5.74) is 0.511. The van der Waals surface area contributed by atoms with Gasteiger partial charge in [0.2, 0.25) is 0 Å². The first-order valence-electron chi connectivity index (χ1n) is 4.10. The van der Waals surface area contributed by atoms with Crippen LogP contribution in [0.3, 0.4) is 0 Å². The van der Waals surface area contributed by atoms with Crippen LogP contribution in [0, 0.1) is 5.41 Å². The van der Waals surface area contributed by atoms with Crippen molar-refractivity contribution in [2.75, 3.05) is 0 Å². The minimum absolute atomic E-state index is 0.140. The normalized spacial score (nSPS) is 33.6. The van der Waals surface area contributed by atoms with Gasteiger partial charge in [0, 0.05) is 6.42 Å². The largest absolute Gasteiger partial charge is 0.295 e.